The highest BCUT2D eigenvalue weighted by atomic mass is 32.1. The molecule has 0 radical (unpaired) electrons. The minimum Gasteiger partial charge on any atom is -0.478 e. The van der Waals surface area contributed by atoms with Gasteiger partial charge < -0.3 is 9.52 Å². The molecule has 0 unspecified atom stereocenters. The van der Waals surface area contributed by atoms with E-state index in [1.807, 2.05) is 36.4 Å². The average Bonchev–Trinajstić information content (AvgIpc) is 3.37. The highest BCUT2D eigenvalue weighted by molar-refractivity contribution is 7.14. The van der Waals surface area contributed by atoms with Gasteiger partial charge >= 0.3 is 5.97 Å². The molecule has 1 N–H and O–H groups in total. The molecule has 7 heteroatoms. The average molecular weight is 414 g/mol. The van der Waals surface area contributed by atoms with Gasteiger partial charge in [-0.3, -0.25) is 14.8 Å². The molecule has 3 aromatic heterocycles. The van der Waals surface area contributed by atoms with Crippen molar-refractivity contribution in [3.05, 3.63) is 83.2 Å². The van der Waals surface area contributed by atoms with Crippen molar-refractivity contribution in [2.45, 2.75) is 6.42 Å². The first-order valence-corrected chi connectivity index (χ1v) is 10.0. The number of para-hydroxylation sites is 1. The van der Waals surface area contributed by atoms with Crippen LogP contribution in [0.2, 0.25) is 0 Å². The maximum atomic E-state index is 12.8. The summed E-state index contributed by atoms with van der Waals surface area (Å²) in [6.07, 6.45) is 3.15. The summed E-state index contributed by atoms with van der Waals surface area (Å²) in [6.45, 7) is 0. The number of Topliss-reactive ketones (excluding diaryl/α,β-unsaturated/α-hetero) is 1. The van der Waals surface area contributed by atoms with Gasteiger partial charge in [0.2, 0.25) is 5.78 Å². The fourth-order valence-electron chi connectivity index (χ4n) is 3.45. The smallest absolute Gasteiger partial charge is 0.337 e. The first-order valence-electron chi connectivity index (χ1n) is 9.17. The van der Waals surface area contributed by atoms with Gasteiger partial charge in [-0.1, -0.05) is 24.3 Å². The Morgan fingerprint density at radius 2 is 1.80 bits per heavy atom. The van der Waals surface area contributed by atoms with Gasteiger partial charge in [0, 0.05) is 29.1 Å². The van der Waals surface area contributed by atoms with Gasteiger partial charge in [-0.15, -0.1) is 11.3 Å². The molecule has 0 atom stereocenters. The predicted octanol–water partition coefficient (Wildman–Crippen LogP) is 5.23. The number of furan rings is 1. The molecule has 6 nitrogen and oxygen atoms in total. The molecule has 30 heavy (non-hydrogen) atoms. The predicted molar refractivity (Wildman–Crippen MR) is 114 cm³/mol. The van der Waals surface area contributed by atoms with Gasteiger partial charge in [-0.25, -0.2) is 4.79 Å². The maximum Gasteiger partial charge on any atom is 0.337 e. The molecule has 146 valence electrons. The lowest BCUT2D eigenvalue weighted by Crippen LogP contribution is -2.07. The Kier molecular flexibility index (Phi) is 4.37. The van der Waals surface area contributed by atoms with Crippen LogP contribution >= 0.6 is 11.3 Å². The zero-order valence-corrected chi connectivity index (χ0v) is 16.3. The summed E-state index contributed by atoms with van der Waals surface area (Å²) < 4.78 is 5.63. The van der Waals surface area contributed by atoms with Crippen LogP contribution in [0.3, 0.4) is 0 Å². The Labute approximate surface area is 174 Å². The fraction of sp³-hybridized carbons (Fsp3) is 0.0435. The number of nitrogens with zero attached hydrogens (tertiary/aromatic N) is 2. The monoisotopic (exact) mass is 414 g/mol. The Balaban J connectivity index is 1.52. The second-order valence-electron chi connectivity index (χ2n) is 6.78. The molecule has 2 aromatic carbocycles. The molecule has 0 spiro atoms. The number of carbonyl (C=O) groups excluding carboxylic acids is 1. The van der Waals surface area contributed by atoms with Gasteiger partial charge in [-0.2, -0.15) is 0 Å². The number of hydrogen-bond donors (Lipinski definition) is 1. The van der Waals surface area contributed by atoms with Gasteiger partial charge in [0.1, 0.15) is 5.58 Å². The van der Waals surface area contributed by atoms with E-state index in [0.717, 1.165) is 16.5 Å². The van der Waals surface area contributed by atoms with Crippen molar-refractivity contribution in [1.82, 2.24) is 9.97 Å². The Morgan fingerprint density at radius 3 is 2.60 bits per heavy atom. The molecular formula is C23H14N2O4S. The molecule has 0 aliphatic carbocycles. The van der Waals surface area contributed by atoms with Crippen LogP contribution in [0.5, 0.6) is 0 Å². The lowest BCUT2D eigenvalue weighted by Gasteiger charge is -2.04. The van der Waals surface area contributed by atoms with E-state index >= 15 is 0 Å². The second kappa shape index (κ2) is 7.20. The van der Waals surface area contributed by atoms with Crippen LogP contribution in [0.1, 0.15) is 26.5 Å². The molecule has 0 amide bonds. The van der Waals surface area contributed by atoms with Crippen molar-refractivity contribution in [2.75, 3.05) is 0 Å². The number of ketones is 1. The number of carboxylic acid groups (broad SMARTS) is 1. The number of thiophene rings is 1. The van der Waals surface area contributed by atoms with E-state index in [2.05, 4.69) is 9.97 Å². The number of rotatable bonds is 5. The highest BCUT2D eigenvalue weighted by Crippen LogP contribution is 2.35. The van der Waals surface area contributed by atoms with Crippen molar-refractivity contribution in [1.29, 1.82) is 0 Å². The quantitative estimate of drug-likeness (QED) is 0.396. The molecule has 0 fully saturated rings. The van der Waals surface area contributed by atoms with Crippen LogP contribution in [0, 0.1) is 0 Å². The van der Waals surface area contributed by atoms with Crippen LogP contribution in [0.15, 0.2) is 70.7 Å². The van der Waals surface area contributed by atoms with E-state index in [4.69, 9.17) is 4.42 Å². The first-order chi connectivity index (χ1) is 14.6. The topological polar surface area (TPSA) is 93.3 Å². The standard InChI is InChI=1S/C23H14N2O4S/c26-18(20-11-13-3-1-2-4-19(13)29-20)10-15-12-30-22(21(15)23(27)28)14-5-6-16-17(9-14)25-8-7-24-16/h1-9,11-12H,10H2,(H,27,28). The van der Waals surface area contributed by atoms with Crippen LogP contribution in [-0.2, 0) is 6.42 Å². The minimum atomic E-state index is -1.07. The number of fused-ring (bicyclic) bond motifs is 2. The lowest BCUT2D eigenvalue weighted by atomic mass is 10.0. The number of aromatic carboxylic acids is 1. The molecule has 0 aliphatic rings. The number of hydrogen-bond acceptors (Lipinski definition) is 6. The maximum absolute atomic E-state index is 12.8. The van der Waals surface area contributed by atoms with Gasteiger partial charge in [-0.05, 0) is 40.8 Å². The van der Waals surface area contributed by atoms with Gasteiger partial charge in [0.15, 0.2) is 5.76 Å². The van der Waals surface area contributed by atoms with Crippen molar-refractivity contribution in [3.8, 4) is 10.4 Å². The summed E-state index contributed by atoms with van der Waals surface area (Å²) in [5.41, 5.74) is 3.37. The summed E-state index contributed by atoms with van der Waals surface area (Å²) >= 11 is 1.30. The SMILES string of the molecule is O=C(Cc1csc(-c2ccc3nccnc3c2)c1C(=O)O)c1cc2ccccc2o1. The molecule has 0 aliphatic heterocycles. The second-order valence-corrected chi connectivity index (χ2v) is 7.66. The fourth-order valence-corrected chi connectivity index (χ4v) is 4.52. The van der Waals surface area contributed by atoms with E-state index in [1.165, 1.54) is 11.3 Å². The summed E-state index contributed by atoms with van der Waals surface area (Å²) in [5.74, 6) is -1.11. The van der Waals surface area contributed by atoms with E-state index < -0.39 is 5.97 Å². The van der Waals surface area contributed by atoms with Gasteiger partial charge in [0.05, 0.1) is 16.6 Å². The van der Waals surface area contributed by atoms with Crippen molar-refractivity contribution in [2.24, 2.45) is 0 Å². The first kappa shape index (κ1) is 18.2. The summed E-state index contributed by atoms with van der Waals surface area (Å²) in [6, 6.07) is 14.5. The van der Waals surface area contributed by atoms with E-state index in [1.54, 1.807) is 29.9 Å². The molecule has 5 aromatic rings. The number of carboxylic acids is 1. The highest BCUT2D eigenvalue weighted by Gasteiger charge is 2.23. The van der Waals surface area contributed by atoms with Crippen LogP contribution in [0.25, 0.3) is 32.4 Å². The molecule has 0 saturated carbocycles. The van der Waals surface area contributed by atoms with E-state index in [-0.39, 0.29) is 23.5 Å². The Hall–Kier alpha value is -3.84. The Morgan fingerprint density at radius 1 is 1.00 bits per heavy atom. The van der Waals surface area contributed by atoms with Crippen molar-refractivity contribution in [3.63, 3.8) is 0 Å². The summed E-state index contributed by atoms with van der Waals surface area (Å²) in [7, 11) is 0. The van der Waals surface area contributed by atoms with Crippen LogP contribution < -0.4 is 0 Å². The van der Waals surface area contributed by atoms with Crippen molar-refractivity contribution >= 4 is 45.1 Å². The zero-order chi connectivity index (χ0) is 20.7. The molecule has 5 rings (SSSR count). The lowest BCUT2D eigenvalue weighted by molar-refractivity contribution is 0.0697. The van der Waals surface area contributed by atoms with Gasteiger partial charge in [0.25, 0.3) is 0 Å². The molecular weight excluding hydrogens is 400 g/mol. The normalized spacial score (nSPS) is 11.2. The summed E-state index contributed by atoms with van der Waals surface area (Å²) in [5, 5.41) is 12.4. The third kappa shape index (κ3) is 3.15. The molecule has 0 bridgehead atoms. The van der Waals surface area contributed by atoms with Crippen molar-refractivity contribution < 1.29 is 19.1 Å². The number of carbonyl (C=O) groups is 2. The largest absolute Gasteiger partial charge is 0.478 e. The van der Waals surface area contributed by atoms with E-state index in [0.29, 0.717) is 21.5 Å². The van der Waals surface area contributed by atoms with Crippen LogP contribution in [-0.4, -0.2) is 26.8 Å². The molecule has 0 saturated heterocycles. The third-order valence-electron chi connectivity index (χ3n) is 4.86. The third-order valence-corrected chi connectivity index (χ3v) is 5.94. The molecule has 3 heterocycles. The zero-order valence-electron chi connectivity index (χ0n) is 15.5. The Bertz CT molecular complexity index is 1400. The van der Waals surface area contributed by atoms with Crippen LogP contribution in [0.4, 0.5) is 0 Å². The number of benzene rings is 2. The summed E-state index contributed by atoms with van der Waals surface area (Å²) in [4.78, 5) is 33.9. The van der Waals surface area contributed by atoms with E-state index in [9.17, 15) is 14.7 Å². The number of aromatic nitrogens is 2. The minimum absolute atomic E-state index is 0.0503.